The van der Waals surface area contributed by atoms with Crippen LogP contribution in [0.15, 0.2) is 47.3 Å². The molecule has 26 heavy (non-hydrogen) atoms. The maximum Gasteiger partial charge on any atom is 0.214 e. The monoisotopic (exact) mass is 427 g/mol. The molecule has 0 bridgehead atoms. The average Bonchev–Trinajstić information content (AvgIpc) is 3.34. The smallest absolute Gasteiger partial charge is 0.214 e. The largest absolute Gasteiger partial charge is 0.493 e. The minimum absolute atomic E-state index is 0.661. The number of aromatic nitrogens is 4. The van der Waals surface area contributed by atoms with Crippen LogP contribution >= 0.6 is 27.3 Å². The van der Waals surface area contributed by atoms with Crippen molar-refractivity contribution in [2.75, 3.05) is 11.9 Å². The lowest BCUT2D eigenvalue weighted by atomic mass is 10.1. The van der Waals surface area contributed by atoms with E-state index in [9.17, 15) is 0 Å². The summed E-state index contributed by atoms with van der Waals surface area (Å²) in [5, 5.41) is 8.80. The number of imidazole rings is 1. The van der Waals surface area contributed by atoms with Crippen LogP contribution < -0.4 is 10.1 Å². The molecule has 5 rings (SSSR count). The summed E-state index contributed by atoms with van der Waals surface area (Å²) in [6.07, 6.45) is 6.45. The van der Waals surface area contributed by atoms with Gasteiger partial charge in [0.1, 0.15) is 5.75 Å². The number of nitrogens with zero attached hydrogens (tertiary/aromatic N) is 4. The Morgan fingerprint density at radius 2 is 2.31 bits per heavy atom. The molecule has 0 aliphatic carbocycles. The van der Waals surface area contributed by atoms with E-state index in [1.165, 1.54) is 16.9 Å². The van der Waals surface area contributed by atoms with E-state index in [4.69, 9.17) is 4.74 Å². The van der Waals surface area contributed by atoms with Gasteiger partial charge in [-0.2, -0.15) is 0 Å². The maximum atomic E-state index is 5.78. The molecule has 1 aromatic carbocycles. The second kappa shape index (κ2) is 6.37. The van der Waals surface area contributed by atoms with Gasteiger partial charge in [0.05, 0.1) is 18.5 Å². The Balaban J connectivity index is 1.37. The molecule has 0 radical (unpaired) electrons. The van der Waals surface area contributed by atoms with E-state index in [0.717, 1.165) is 50.2 Å². The maximum absolute atomic E-state index is 5.78. The van der Waals surface area contributed by atoms with Crippen LogP contribution in [0.2, 0.25) is 0 Å². The van der Waals surface area contributed by atoms with E-state index in [1.807, 2.05) is 18.3 Å². The van der Waals surface area contributed by atoms with Crippen LogP contribution in [-0.4, -0.2) is 26.2 Å². The highest BCUT2D eigenvalue weighted by Crippen LogP contribution is 2.33. The number of nitrogens with one attached hydrogen (secondary N) is 1. The number of benzene rings is 1. The molecular weight excluding hydrogens is 414 g/mol. The first-order valence-corrected chi connectivity index (χ1v) is 9.82. The fourth-order valence-corrected chi connectivity index (χ4v) is 4.40. The van der Waals surface area contributed by atoms with Gasteiger partial charge >= 0.3 is 0 Å². The van der Waals surface area contributed by atoms with Crippen molar-refractivity contribution in [3.8, 4) is 17.0 Å². The number of hydrogen-bond donors (Lipinski definition) is 1. The molecule has 0 unspecified atom stereocenters. The van der Waals surface area contributed by atoms with Gasteiger partial charge in [-0.25, -0.2) is 9.50 Å². The molecule has 1 N–H and O–H groups in total. The summed E-state index contributed by atoms with van der Waals surface area (Å²) in [5.74, 6) is 1.00. The molecule has 8 heteroatoms. The van der Waals surface area contributed by atoms with Crippen LogP contribution in [-0.2, 0) is 13.0 Å². The average molecular weight is 428 g/mol. The molecule has 0 saturated carbocycles. The van der Waals surface area contributed by atoms with Crippen LogP contribution in [0.4, 0.5) is 5.13 Å². The summed E-state index contributed by atoms with van der Waals surface area (Å²) in [6, 6.07) is 8.12. The normalized spacial score (nSPS) is 13.0. The first-order valence-electron chi connectivity index (χ1n) is 8.21. The molecule has 4 heterocycles. The highest BCUT2D eigenvalue weighted by atomic mass is 79.9. The topological polar surface area (TPSA) is 64.3 Å². The fourth-order valence-electron chi connectivity index (χ4n) is 3.07. The van der Waals surface area contributed by atoms with Gasteiger partial charge in [-0.1, -0.05) is 27.3 Å². The predicted octanol–water partition coefficient (Wildman–Crippen LogP) is 4.16. The molecule has 0 spiro atoms. The van der Waals surface area contributed by atoms with Crippen molar-refractivity contribution in [2.45, 2.75) is 13.0 Å². The molecule has 0 fully saturated rings. The molecule has 0 saturated heterocycles. The SMILES string of the molecule is Brc1cc2c(c(CNc3nn4cc(-c5cccnc5)nc4s3)c1)OCC2. The molecule has 0 atom stereocenters. The number of halogens is 1. The first-order chi connectivity index (χ1) is 12.8. The number of ether oxygens (including phenoxy) is 1. The zero-order valence-corrected chi connectivity index (χ0v) is 16.0. The third-order valence-electron chi connectivity index (χ3n) is 4.26. The van der Waals surface area contributed by atoms with Crippen molar-refractivity contribution in [3.63, 3.8) is 0 Å². The standard InChI is InChI=1S/C18H14BrN5OS/c19-14-6-11-3-5-25-16(11)13(7-14)9-21-17-23-24-10-15(22-18(24)26-17)12-2-1-4-20-8-12/h1-2,4,6-8,10H,3,5,9H2,(H,21,23). The van der Waals surface area contributed by atoms with Gasteiger partial charge in [-0.3, -0.25) is 4.98 Å². The third-order valence-corrected chi connectivity index (χ3v) is 5.59. The number of hydrogen-bond acceptors (Lipinski definition) is 6. The van der Waals surface area contributed by atoms with E-state index in [0.29, 0.717) is 6.54 Å². The zero-order valence-electron chi connectivity index (χ0n) is 13.6. The van der Waals surface area contributed by atoms with Gasteiger partial charge in [-0.15, -0.1) is 5.10 Å². The van der Waals surface area contributed by atoms with Gasteiger partial charge < -0.3 is 10.1 Å². The van der Waals surface area contributed by atoms with Gasteiger partial charge in [0, 0.05) is 41.0 Å². The molecule has 6 nitrogen and oxygen atoms in total. The summed E-state index contributed by atoms with van der Waals surface area (Å²) in [6.45, 7) is 1.41. The van der Waals surface area contributed by atoms with E-state index < -0.39 is 0 Å². The lowest BCUT2D eigenvalue weighted by Gasteiger charge is -2.09. The summed E-state index contributed by atoms with van der Waals surface area (Å²) >= 11 is 5.10. The Morgan fingerprint density at radius 1 is 1.35 bits per heavy atom. The van der Waals surface area contributed by atoms with Gasteiger partial charge in [0.15, 0.2) is 0 Å². The number of rotatable bonds is 4. The molecule has 0 amide bonds. The number of anilines is 1. The Bertz CT molecular complexity index is 1060. The first kappa shape index (κ1) is 15.8. The zero-order chi connectivity index (χ0) is 17.5. The van der Waals surface area contributed by atoms with Crippen LogP contribution in [0.5, 0.6) is 5.75 Å². The van der Waals surface area contributed by atoms with Gasteiger partial charge in [-0.05, 0) is 29.8 Å². The summed E-state index contributed by atoms with van der Waals surface area (Å²) < 4.78 is 8.66. The van der Waals surface area contributed by atoms with E-state index >= 15 is 0 Å². The lowest BCUT2D eigenvalue weighted by Crippen LogP contribution is -2.02. The van der Waals surface area contributed by atoms with Crippen molar-refractivity contribution in [3.05, 3.63) is 58.5 Å². The van der Waals surface area contributed by atoms with Crippen molar-refractivity contribution in [1.29, 1.82) is 0 Å². The summed E-state index contributed by atoms with van der Waals surface area (Å²) in [5.41, 5.74) is 4.25. The van der Waals surface area contributed by atoms with Crippen LogP contribution in [0.25, 0.3) is 16.2 Å². The van der Waals surface area contributed by atoms with Crippen LogP contribution in [0, 0.1) is 0 Å². The van der Waals surface area contributed by atoms with Crippen LogP contribution in [0.1, 0.15) is 11.1 Å². The molecule has 4 aromatic rings. The summed E-state index contributed by atoms with van der Waals surface area (Å²) in [4.78, 5) is 9.62. The minimum Gasteiger partial charge on any atom is -0.493 e. The minimum atomic E-state index is 0.661. The van der Waals surface area contributed by atoms with Crippen molar-refractivity contribution < 1.29 is 4.74 Å². The molecule has 130 valence electrons. The van der Waals surface area contributed by atoms with Crippen molar-refractivity contribution in [1.82, 2.24) is 19.6 Å². The third kappa shape index (κ3) is 2.85. The lowest BCUT2D eigenvalue weighted by molar-refractivity contribution is 0.354. The Labute approximate surface area is 162 Å². The quantitative estimate of drug-likeness (QED) is 0.529. The second-order valence-corrected chi connectivity index (χ2v) is 7.88. The second-order valence-electron chi connectivity index (χ2n) is 6.01. The van der Waals surface area contributed by atoms with Gasteiger partial charge in [0.2, 0.25) is 10.1 Å². The molecule has 1 aliphatic heterocycles. The predicted molar refractivity (Wildman–Crippen MR) is 105 cm³/mol. The summed E-state index contributed by atoms with van der Waals surface area (Å²) in [7, 11) is 0. The fraction of sp³-hybridized carbons (Fsp3) is 0.167. The molecular formula is C18H14BrN5OS. The van der Waals surface area contributed by atoms with Crippen LogP contribution in [0.3, 0.4) is 0 Å². The van der Waals surface area contributed by atoms with E-state index in [-0.39, 0.29) is 0 Å². The molecule has 3 aromatic heterocycles. The number of pyridine rings is 1. The molecule has 1 aliphatic rings. The Kier molecular flexibility index (Phi) is 3.86. The highest BCUT2D eigenvalue weighted by Gasteiger charge is 2.18. The van der Waals surface area contributed by atoms with E-state index in [2.05, 4.69) is 48.4 Å². The van der Waals surface area contributed by atoms with Crippen molar-refractivity contribution in [2.24, 2.45) is 0 Å². The Hall–Kier alpha value is -2.45. The number of fused-ring (bicyclic) bond motifs is 2. The Morgan fingerprint density at radius 3 is 3.15 bits per heavy atom. The van der Waals surface area contributed by atoms with Crippen molar-refractivity contribution >= 4 is 37.4 Å². The van der Waals surface area contributed by atoms with Gasteiger partial charge in [0.25, 0.3) is 0 Å². The highest BCUT2D eigenvalue weighted by molar-refractivity contribution is 9.10. The van der Waals surface area contributed by atoms with E-state index in [1.54, 1.807) is 16.9 Å².